The predicted octanol–water partition coefficient (Wildman–Crippen LogP) is 1.51. The molecule has 0 saturated carbocycles. The molecular formula is C11H13N3. The third-order valence-corrected chi connectivity index (χ3v) is 2.79. The molecule has 2 aromatic heterocycles. The first-order valence-electron chi connectivity index (χ1n) is 4.97. The third-order valence-electron chi connectivity index (χ3n) is 2.79. The molecule has 1 aliphatic heterocycles. The minimum atomic E-state index is 0.328. The van der Waals surface area contributed by atoms with Crippen molar-refractivity contribution in [1.82, 2.24) is 14.9 Å². The second-order valence-corrected chi connectivity index (χ2v) is 3.64. The minimum Gasteiger partial charge on any atom is -0.363 e. The van der Waals surface area contributed by atoms with Gasteiger partial charge in [0.25, 0.3) is 0 Å². The second kappa shape index (κ2) is 3.03. The van der Waals surface area contributed by atoms with Crippen LogP contribution in [0.3, 0.4) is 0 Å². The second-order valence-electron chi connectivity index (χ2n) is 3.64. The van der Waals surface area contributed by atoms with E-state index in [4.69, 9.17) is 0 Å². The Hall–Kier alpha value is -1.48. The fourth-order valence-electron chi connectivity index (χ4n) is 2.12. The van der Waals surface area contributed by atoms with Gasteiger partial charge < -0.3 is 14.9 Å². The van der Waals surface area contributed by atoms with Crippen molar-refractivity contribution in [2.45, 2.75) is 12.6 Å². The lowest BCUT2D eigenvalue weighted by Crippen LogP contribution is -2.33. The van der Waals surface area contributed by atoms with Crippen molar-refractivity contribution < 1.29 is 0 Å². The van der Waals surface area contributed by atoms with Gasteiger partial charge in [0.1, 0.15) is 0 Å². The molecule has 1 atom stereocenters. The summed E-state index contributed by atoms with van der Waals surface area (Å²) in [6.07, 6.45) is 4.12. The first-order chi connectivity index (χ1) is 6.95. The molecule has 3 nitrogen and oxygen atoms in total. The van der Waals surface area contributed by atoms with Crippen molar-refractivity contribution in [3.63, 3.8) is 0 Å². The van der Waals surface area contributed by atoms with E-state index in [2.05, 4.69) is 39.3 Å². The molecule has 0 saturated heterocycles. The van der Waals surface area contributed by atoms with Crippen LogP contribution in [-0.4, -0.2) is 16.1 Å². The van der Waals surface area contributed by atoms with E-state index in [0.29, 0.717) is 6.04 Å². The predicted molar refractivity (Wildman–Crippen MR) is 55.1 cm³/mol. The van der Waals surface area contributed by atoms with Crippen molar-refractivity contribution in [2.75, 3.05) is 6.54 Å². The van der Waals surface area contributed by atoms with Crippen molar-refractivity contribution in [1.29, 1.82) is 0 Å². The number of hydrogen-bond acceptors (Lipinski definition) is 1. The van der Waals surface area contributed by atoms with Crippen LogP contribution < -0.4 is 5.32 Å². The molecule has 3 rings (SSSR count). The van der Waals surface area contributed by atoms with Crippen LogP contribution in [0.4, 0.5) is 0 Å². The van der Waals surface area contributed by atoms with E-state index in [9.17, 15) is 0 Å². The first kappa shape index (κ1) is 7.88. The Morgan fingerprint density at radius 2 is 2.29 bits per heavy atom. The lowest BCUT2D eigenvalue weighted by atomic mass is 10.1. The maximum absolute atomic E-state index is 3.51. The molecule has 0 bridgehead atoms. The number of nitrogens with one attached hydrogen (secondary N) is 2. The summed E-state index contributed by atoms with van der Waals surface area (Å²) in [6.45, 7) is 2.10. The van der Waals surface area contributed by atoms with Gasteiger partial charge in [0, 0.05) is 36.9 Å². The van der Waals surface area contributed by atoms with Gasteiger partial charge >= 0.3 is 0 Å². The monoisotopic (exact) mass is 187 g/mol. The fourth-order valence-corrected chi connectivity index (χ4v) is 2.12. The van der Waals surface area contributed by atoms with Gasteiger partial charge in [0.15, 0.2) is 0 Å². The summed E-state index contributed by atoms with van der Waals surface area (Å²) in [5.74, 6) is 0. The van der Waals surface area contributed by atoms with Gasteiger partial charge in [-0.2, -0.15) is 0 Å². The number of H-pyrrole nitrogens is 1. The Morgan fingerprint density at radius 3 is 3.14 bits per heavy atom. The smallest absolute Gasteiger partial charge is 0.0883 e. The number of hydrogen-bond donors (Lipinski definition) is 2. The lowest BCUT2D eigenvalue weighted by Gasteiger charge is -2.25. The average Bonchev–Trinajstić information content (AvgIpc) is 2.88. The number of nitrogens with zero attached hydrogens (tertiary/aromatic N) is 1. The summed E-state index contributed by atoms with van der Waals surface area (Å²) in [7, 11) is 0. The van der Waals surface area contributed by atoms with E-state index < -0.39 is 0 Å². The molecule has 0 fully saturated rings. The molecule has 0 amide bonds. The van der Waals surface area contributed by atoms with E-state index in [1.54, 1.807) is 0 Å². The van der Waals surface area contributed by atoms with Gasteiger partial charge in [-0.1, -0.05) is 0 Å². The highest BCUT2D eigenvalue weighted by Gasteiger charge is 2.20. The van der Waals surface area contributed by atoms with Crippen LogP contribution in [0.2, 0.25) is 0 Å². The summed E-state index contributed by atoms with van der Waals surface area (Å²) < 4.78 is 2.31. The highest BCUT2D eigenvalue weighted by molar-refractivity contribution is 5.25. The topological polar surface area (TPSA) is 32.8 Å². The number of rotatable bonds is 1. The van der Waals surface area contributed by atoms with Crippen LogP contribution in [0.25, 0.3) is 0 Å². The largest absolute Gasteiger partial charge is 0.363 e. The quantitative estimate of drug-likeness (QED) is 0.697. The van der Waals surface area contributed by atoms with Gasteiger partial charge in [-0.3, -0.25) is 0 Å². The first-order valence-corrected chi connectivity index (χ1v) is 4.97. The molecule has 14 heavy (non-hydrogen) atoms. The van der Waals surface area contributed by atoms with Gasteiger partial charge in [0.05, 0.1) is 6.04 Å². The Bertz CT molecular complexity index is 413. The maximum atomic E-state index is 3.51. The van der Waals surface area contributed by atoms with Crippen LogP contribution in [0, 0.1) is 0 Å². The standard InChI is InChI=1S/C11H13N3/c1-3-9(12-5-1)11-10-4-2-7-14(10)8-6-13-11/h1-5,7,11-13H,6,8H2. The molecule has 0 aromatic carbocycles. The van der Waals surface area contributed by atoms with Crippen molar-refractivity contribution in [2.24, 2.45) is 0 Å². The molecule has 2 aromatic rings. The molecule has 3 heteroatoms. The third kappa shape index (κ3) is 1.09. The van der Waals surface area contributed by atoms with Crippen LogP contribution in [-0.2, 0) is 6.54 Å². The van der Waals surface area contributed by atoms with Crippen molar-refractivity contribution in [3.8, 4) is 0 Å². The zero-order valence-corrected chi connectivity index (χ0v) is 7.90. The van der Waals surface area contributed by atoms with E-state index >= 15 is 0 Å². The number of aromatic amines is 1. The summed E-state index contributed by atoms with van der Waals surface area (Å²) >= 11 is 0. The number of fused-ring (bicyclic) bond motifs is 1. The summed E-state index contributed by atoms with van der Waals surface area (Å²) in [5, 5.41) is 3.51. The Labute approximate surface area is 82.8 Å². The highest BCUT2D eigenvalue weighted by atomic mass is 15.1. The number of aromatic nitrogens is 2. The minimum absolute atomic E-state index is 0.328. The zero-order valence-electron chi connectivity index (χ0n) is 7.90. The van der Waals surface area contributed by atoms with E-state index in [1.165, 1.54) is 11.4 Å². The van der Waals surface area contributed by atoms with E-state index in [-0.39, 0.29) is 0 Å². The average molecular weight is 187 g/mol. The normalized spacial score (nSPS) is 20.7. The van der Waals surface area contributed by atoms with Gasteiger partial charge in [-0.25, -0.2) is 0 Å². The van der Waals surface area contributed by atoms with Crippen LogP contribution in [0.5, 0.6) is 0 Å². The van der Waals surface area contributed by atoms with E-state index in [1.807, 2.05) is 12.3 Å². The fraction of sp³-hybridized carbons (Fsp3) is 0.273. The highest BCUT2D eigenvalue weighted by Crippen LogP contribution is 2.23. The Kier molecular flexibility index (Phi) is 1.70. The van der Waals surface area contributed by atoms with Gasteiger partial charge in [-0.05, 0) is 24.3 Å². The Balaban J connectivity index is 2.04. The molecule has 72 valence electrons. The molecule has 0 spiro atoms. The SMILES string of the molecule is c1c[nH]c(C2NCCn3cccc32)c1. The molecule has 1 aliphatic rings. The van der Waals surface area contributed by atoms with Crippen LogP contribution >= 0.6 is 0 Å². The van der Waals surface area contributed by atoms with Crippen LogP contribution in [0.15, 0.2) is 36.7 Å². The Morgan fingerprint density at radius 1 is 1.29 bits per heavy atom. The lowest BCUT2D eigenvalue weighted by molar-refractivity contribution is 0.462. The van der Waals surface area contributed by atoms with Gasteiger partial charge in [0.2, 0.25) is 0 Å². The van der Waals surface area contributed by atoms with Crippen molar-refractivity contribution >= 4 is 0 Å². The molecule has 3 heterocycles. The maximum Gasteiger partial charge on any atom is 0.0883 e. The summed E-state index contributed by atoms with van der Waals surface area (Å²) in [4.78, 5) is 3.26. The summed E-state index contributed by atoms with van der Waals surface area (Å²) in [6, 6.07) is 8.78. The molecule has 2 N–H and O–H groups in total. The molecule has 0 aliphatic carbocycles. The molecule has 1 unspecified atom stereocenters. The van der Waals surface area contributed by atoms with Gasteiger partial charge in [-0.15, -0.1) is 0 Å². The van der Waals surface area contributed by atoms with E-state index in [0.717, 1.165) is 13.1 Å². The molecular weight excluding hydrogens is 174 g/mol. The van der Waals surface area contributed by atoms with Crippen LogP contribution in [0.1, 0.15) is 17.4 Å². The zero-order chi connectivity index (χ0) is 9.38. The molecule has 0 radical (unpaired) electrons. The van der Waals surface area contributed by atoms with Crippen molar-refractivity contribution in [3.05, 3.63) is 48.0 Å². The summed E-state index contributed by atoms with van der Waals surface area (Å²) in [5.41, 5.74) is 2.59.